The van der Waals surface area contributed by atoms with Gasteiger partial charge in [-0.25, -0.2) is 0 Å². The monoisotopic (exact) mass is 534 g/mol. The molecule has 0 spiro atoms. The van der Waals surface area contributed by atoms with E-state index in [2.05, 4.69) is 48.1 Å². The summed E-state index contributed by atoms with van der Waals surface area (Å²) in [7, 11) is 0. The van der Waals surface area contributed by atoms with Crippen LogP contribution >= 0.6 is 0 Å². The summed E-state index contributed by atoms with van der Waals surface area (Å²) in [5.74, 6) is -0.125. The van der Waals surface area contributed by atoms with Gasteiger partial charge in [-0.15, -0.1) is 0 Å². The molecule has 0 radical (unpaired) electrons. The summed E-state index contributed by atoms with van der Waals surface area (Å²) < 4.78 is 2.12. The first kappa shape index (κ1) is 30.4. The number of aliphatic hydroxyl groups is 1. The highest BCUT2D eigenvalue weighted by atomic mass is 16.3. The van der Waals surface area contributed by atoms with E-state index in [9.17, 15) is 14.7 Å². The molecule has 7 nitrogen and oxygen atoms in total. The van der Waals surface area contributed by atoms with Gasteiger partial charge in [-0.3, -0.25) is 9.59 Å². The van der Waals surface area contributed by atoms with Crippen molar-refractivity contribution >= 4 is 22.7 Å². The third kappa shape index (κ3) is 8.67. The minimum Gasteiger partial charge on any atom is -0.391 e. The highest BCUT2D eigenvalue weighted by Crippen LogP contribution is 2.24. The Balaban J connectivity index is 1.61. The molecule has 1 aromatic heterocycles. The fraction of sp³-hybridized carbons (Fsp3) is 0.500. The largest absolute Gasteiger partial charge is 0.391 e. The molecule has 1 heterocycles. The van der Waals surface area contributed by atoms with Crippen LogP contribution in [0, 0.1) is 17.8 Å². The number of nitrogens with one attached hydrogen (secondary N) is 2. The molecule has 2 aromatic carbocycles. The van der Waals surface area contributed by atoms with Crippen LogP contribution in [0.3, 0.4) is 0 Å². The molecule has 39 heavy (non-hydrogen) atoms. The maximum atomic E-state index is 13.4. The van der Waals surface area contributed by atoms with E-state index >= 15 is 0 Å². The van der Waals surface area contributed by atoms with Crippen molar-refractivity contribution in [2.75, 3.05) is 13.1 Å². The number of unbranched alkanes of at least 4 members (excludes halogenated alkanes) is 1. The van der Waals surface area contributed by atoms with E-state index in [1.54, 1.807) is 0 Å². The lowest BCUT2D eigenvalue weighted by molar-refractivity contribution is -0.125. The Labute approximate surface area is 233 Å². The summed E-state index contributed by atoms with van der Waals surface area (Å²) >= 11 is 0. The minimum atomic E-state index is -0.787. The van der Waals surface area contributed by atoms with Crippen molar-refractivity contribution in [3.05, 3.63) is 71.9 Å². The number of fused-ring (bicyclic) bond motifs is 1. The molecule has 0 aliphatic rings. The van der Waals surface area contributed by atoms with Gasteiger partial charge in [-0.2, -0.15) is 0 Å². The van der Waals surface area contributed by atoms with Crippen LogP contribution in [-0.4, -0.2) is 46.7 Å². The van der Waals surface area contributed by atoms with Gasteiger partial charge in [0.2, 0.25) is 5.91 Å². The lowest BCUT2D eigenvalue weighted by Gasteiger charge is -2.28. The Hall–Kier alpha value is -3.16. The SMILES string of the molecule is CCCCNC(=O)C(C)CC(O)C(N)CC(CNC(=O)c1cn(Cc2ccccc2)c2ccccc12)C(C)C. The average molecular weight is 535 g/mol. The number of nitrogens with two attached hydrogens (primary N) is 1. The molecular formula is C32H46N4O3. The average Bonchev–Trinajstić information content (AvgIpc) is 3.29. The van der Waals surface area contributed by atoms with Crippen LogP contribution in [-0.2, 0) is 11.3 Å². The molecule has 0 saturated heterocycles. The number of hydrogen-bond donors (Lipinski definition) is 4. The van der Waals surface area contributed by atoms with Crippen molar-refractivity contribution < 1.29 is 14.7 Å². The zero-order valence-electron chi connectivity index (χ0n) is 23.9. The van der Waals surface area contributed by atoms with E-state index in [0.29, 0.717) is 38.0 Å². The minimum absolute atomic E-state index is 0.0474. The van der Waals surface area contributed by atoms with Crippen LogP contribution in [0.2, 0.25) is 0 Å². The van der Waals surface area contributed by atoms with Crippen LogP contribution in [0.25, 0.3) is 10.9 Å². The maximum absolute atomic E-state index is 13.4. The predicted octanol–water partition coefficient (Wildman–Crippen LogP) is 4.71. The Morgan fingerprint density at radius 2 is 1.67 bits per heavy atom. The summed E-state index contributed by atoms with van der Waals surface area (Å²) in [4.78, 5) is 25.7. The van der Waals surface area contributed by atoms with Crippen LogP contribution in [0.5, 0.6) is 0 Å². The zero-order valence-corrected chi connectivity index (χ0v) is 23.9. The van der Waals surface area contributed by atoms with Gasteiger partial charge in [0, 0.05) is 48.7 Å². The molecule has 4 unspecified atom stereocenters. The highest BCUT2D eigenvalue weighted by molar-refractivity contribution is 6.07. The predicted molar refractivity (Wildman–Crippen MR) is 158 cm³/mol. The molecular weight excluding hydrogens is 488 g/mol. The molecule has 4 atom stereocenters. The number of amides is 2. The van der Waals surface area contributed by atoms with Crippen molar-refractivity contribution in [1.29, 1.82) is 0 Å². The molecule has 7 heteroatoms. The van der Waals surface area contributed by atoms with Gasteiger partial charge in [-0.05, 0) is 42.7 Å². The number of aliphatic hydroxyl groups excluding tert-OH is 1. The van der Waals surface area contributed by atoms with Crippen molar-refractivity contribution in [2.24, 2.45) is 23.5 Å². The smallest absolute Gasteiger partial charge is 0.253 e. The lowest BCUT2D eigenvalue weighted by Crippen LogP contribution is -2.42. The van der Waals surface area contributed by atoms with Crippen molar-refractivity contribution in [2.45, 2.75) is 72.1 Å². The Bertz CT molecular complexity index is 1190. The fourth-order valence-corrected chi connectivity index (χ4v) is 4.96. The van der Waals surface area contributed by atoms with Crippen LogP contribution in [0.15, 0.2) is 60.8 Å². The first-order valence-electron chi connectivity index (χ1n) is 14.3. The van der Waals surface area contributed by atoms with Gasteiger partial charge in [0.25, 0.3) is 5.91 Å². The number of carbonyl (C=O) groups excluding carboxylic acids is 2. The normalized spacial score (nSPS) is 14.6. The molecule has 0 fully saturated rings. The molecule has 5 N–H and O–H groups in total. The third-order valence-electron chi connectivity index (χ3n) is 7.64. The van der Waals surface area contributed by atoms with Crippen LogP contribution in [0.4, 0.5) is 0 Å². The number of para-hydroxylation sites is 1. The number of benzene rings is 2. The summed E-state index contributed by atoms with van der Waals surface area (Å²) in [5, 5.41) is 17.7. The Morgan fingerprint density at radius 3 is 2.36 bits per heavy atom. The fourth-order valence-electron chi connectivity index (χ4n) is 4.96. The Morgan fingerprint density at radius 1 is 0.974 bits per heavy atom. The van der Waals surface area contributed by atoms with Crippen molar-refractivity contribution in [3.63, 3.8) is 0 Å². The molecule has 3 rings (SSSR count). The van der Waals surface area contributed by atoms with E-state index in [1.807, 2.05) is 55.6 Å². The van der Waals surface area contributed by atoms with E-state index in [0.717, 1.165) is 23.7 Å². The second kappa shape index (κ2) is 14.8. The first-order chi connectivity index (χ1) is 18.7. The number of nitrogens with zero attached hydrogens (tertiary/aromatic N) is 1. The zero-order chi connectivity index (χ0) is 28.4. The lowest BCUT2D eigenvalue weighted by atomic mass is 9.86. The van der Waals surface area contributed by atoms with Gasteiger partial charge in [-0.1, -0.05) is 82.6 Å². The van der Waals surface area contributed by atoms with E-state index in [-0.39, 0.29) is 29.6 Å². The van der Waals surface area contributed by atoms with Gasteiger partial charge in [0.1, 0.15) is 0 Å². The molecule has 2 amide bonds. The molecule has 212 valence electrons. The van der Waals surface area contributed by atoms with Crippen LogP contribution in [0.1, 0.15) is 69.3 Å². The highest BCUT2D eigenvalue weighted by Gasteiger charge is 2.26. The topological polar surface area (TPSA) is 109 Å². The van der Waals surface area contributed by atoms with E-state index in [1.165, 1.54) is 5.56 Å². The standard InChI is InChI=1S/C32H46N4O3/c1-5-6-16-34-31(38)23(4)17-30(37)28(33)18-25(22(2)3)19-35-32(39)27-21-36(20-24-12-8-7-9-13-24)29-15-11-10-14-26(27)29/h7-15,21-23,25,28,30,37H,5-6,16-20,33H2,1-4H3,(H,34,38)(H,35,39). The second-order valence-electron chi connectivity index (χ2n) is 11.1. The molecule has 0 saturated carbocycles. The van der Waals surface area contributed by atoms with Gasteiger partial charge in [0.15, 0.2) is 0 Å². The third-order valence-corrected chi connectivity index (χ3v) is 7.64. The van der Waals surface area contributed by atoms with Gasteiger partial charge < -0.3 is 26.0 Å². The number of aromatic nitrogens is 1. The second-order valence-corrected chi connectivity index (χ2v) is 11.1. The number of carbonyl (C=O) groups is 2. The molecule has 0 aliphatic carbocycles. The summed E-state index contributed by atoms with van der Waals surface area (Å²) in [6.07, 6.45) is 3.97. The summed E-state index contributed by atoms with van der Waals surface area (Å²) in [6.45, 7) is 9.91. The molecule has 3 aromatic rings. The quantitative estimate of drug-likeness (QED) is 0.212. The maximum Gasteiger partial charge on any atom is 0.253 e. The van der Waals surface area contributed by atoms with E-state index < -0.39 is 12.1 Å². The summed E-state index contributed by atoms with van der Waals surface area (Å²) in [5.41, 5.74) is 9.24. The Kier molecular flexibility index (Phi) is 11.6. The number of rotatable bonds is 15. The van der Waals surface area contributed by atoms with Gasteiger partial charge in [0.05, 0.1) is 11.7 Å². The van der Waals surface area contributed by atoms with Crippen molar-refractivity contribution in [1.82, 2.24) is 15.2 Å². The number of hydrogen-bond acceptors (Lipinski definition) is 4. The molecule has 0 aliphatic heterocycles. The summed E-state index contributed by atoms with van der Waals surface area (Å²) in [6, 6.07) is 17.7. The molecule has 0 bridgehead atoms. The first-order valence-corrected chi connectivity index (χ1v) is 14.3. The van der Waals surface area contributed by atoms with Crippen LogP contribution < -0.4 is 16.4 Å². The van der Waals surface area contributed by atoms with E-state index in [4.69, 9.17) is 5.73 Å². The van der Waals surface area contributed by atoms with Gasteiger partial charge >= 0.3 is 0 Å². The van der Waals surface area contributed by atoms with Crippen molar-refractivity contribution in [3.8, 4) is 0 Å².